The molecule has 3 heterocycles. The summed E-state index contributed by atoms with van der Waals surface area (Å²) in [5.41, 5.74) is 1.18. The normalized spacial score (nSPS) is 30.9. The maximum atomic E-state index is 13.0. The van der Waals surface area contributed by atoms with Crippen LogP contribution in [-0.2, 0) is 14.3 Å². The smallest absolute Gasteiger partial charge is 0.310 e. The number of nitrogens with zero attached hydrogens (tertiary/aromatic N) is 2. The Bertz CT molecular complexity index is 712. The van der Waals surface area contributed by atoms with Gasteiger partial charge in [-0.15, -0.1) is 0 Å². The van der Waals surface area contributed by atoms with Gasteiger partial charge in [0.25, 0.3) is 0 Å². The van der Waals surface area contributed by atoms with Crippen molar-refractivity contribution < 1.29 is 19.4 Å². The standard InChI is InChI=1S/C21H26N2O4/c24-20(18-16-8-9-17(27-16)19(18)21(25)26)23-13-11-22(12-14-23)10-4-7-15-5-2-1-3-6-15/h1-7,16-19H,8-14H2,(H,25,26)/b7-4+/t16-,17-,18+,19-/m1/s1. The number of hydrogen-bond donors (Lipinski definition) is 1. The summed E-state index contributed by atoms with van der Waals surface area (Å²) in [6.45, 7) is 3.77. The van der Waals surface area contributed by atoms with E-state index in [4.69, 9.17) is 4.74 Å². The molecule has 6 nitrogen and oxygen atoms in total. The Morgan fingerprint density at radius 1 is 1.04 bits per heavy atom. The second-order valence-corrected chi connectivity index (χ2v) is 7.62. The van der Waals surface area contributed by atoms with Crippen molar-refractivity contribution in [2.45, 2.75) is 25.0 Å². The van der Waals surface area contributed by atoms with Gasteiger partial charge in [0.15, 0.2) is 0 Å². The van der Waals surface area contributed by atoms with Crippen LogP contribution in [0.5, 0.6) is 0 Å². The molecule has 144 valence electrons. The molecule has 1 aromatic carbocycles. The minimum atomic E-state index is -0.898. The minimum Gasteiger partial charge on any atom is -0.481 e. The first-order valence-electron chi connectivity index (χ1n) is 9.74. The van der Waals surface area contributed by atoms with Crippen LogP contribution in [-0.4, -0.2) is 71.7 Å². The first kappa shape index (κ1) is 18.2. The molecule has 3 aliphatic heterocycles. The third-order valence-electron chi connectivity index (χ3n) is 6.00. The number of piperazine rings is 1. The van der Waals surface area contributed by atoms with Gasteiger partial charge in [-0.3, -0.25) is 14.5 Å². The van der Waals surface area contributed by atoms with Crippen LogP contribution in [0.3, 0.4) is 0 Å². The monoisotopic (exact) mass is 370 g/mol. The zero-order chi connectivity index (χ0) is 18.8. The zero-order valence-corrected chi connectivity index (χ0v) is 15.4. The summed E-state index contributed by atoms with van der Waals surface area (Å²) in [6, 6.07) is 10.2. The summed E-state index contributed by atoms with van der Waals surface area (Å²) in [7, 11) is 0. The molecule has 0 unspecified atom stereocenters. The van der Waals surface area contributed by atoms with Gasteiger partial charge >= 0.3 is 5.97 Å². The van der Waals surface area contributed by atoms with E-state index >= 15 is 0 Å². The number of aliphatic carboxylic acids is 1. The van der Waals surface area contributed by atoms with E-state index in [1.165, 1.54) is 5.56 Å². The van der Waals surface area contributed by atoms with E-state index in [1.807, 2.05) is 23.1 Å². The highest BCUT2D eigenvalue weighted by Crippen LogP contribution is 2.44. The molecule has 1 N–H and O–H groups in total. The van der Waals surface area contributed by atoms with Crippen LogP contribution in [0.2, 0.25) is 0 Å². The maximum Gasteiger partial charge on any atom is 0.310 e. The number of amides is 1. The Kier molecular flexibility index (Phi) is 5.27. The number of carbonyl (C=O) groups excluding carboxylic acids is 1. The van der Waals surface area contributed by atoms with E-state index in [0.717, 1.165) is 32.5 Å². The lowest BCUT2D eigenvalue weighted by atomic mass is 9.78. The van der Waals surface area contributed by atoms with Gasteiger partial charge in [-0.05, 0) is 18.4 Å². The number of rotatable bonds is 5. The molecule has 1 amide bonds. The molecule has 27 heavy (non-hydrogen) atoms. The molecule has 6 heteroatoms. The third kappa shape index (κ3) is 3.77. The lowest BCUT2D eigenvalue weighted by molar-refractivity contribution is -0.151. The Hall–Kier alpha value is -2.18. The Balaban J connectivity index is 1.29. The van der Waals surface area contributed by atoms with Crippen LogP contribution in [0.4, 0.5) is 0 Å². The van der Waals surface area contributed by atoms with E-state index in [9.17, 15) is 14.7 Å². The van der Waals surface area contributed by atoms with Crippen molar-refractivity contribution in [2.24, 2.45) is 11.8 Å². The van der Waals surface area contributed by atoms with E-state index in [2.05, 4.69) is 29.2 Å². The van der Waals surface area contributed by atoms with Crippen LogP contribution in [0.25, 0.3) is 6.08 Å². The van der Waals surface area contributed by atoms with Crippen molar-refractivity contribution in [3.8, 4) is 0 Å². The van der Waals surface area contributed by atoms with E-state index in [-0.39, 0.29) is 18.1 Å². The van der Waals surface area contributed by atoms with E-state index < -0.39 is 17.8 Å². The third-order valence-corrected chi connectivity index (χ3v) is 6.00. The average molecular weight is 370 g/mol. The largest absolute Gasteiger partial charge is 0.481 e. The molecule has 0 saturated carbocycles. The van der Waals surface area contributed by atoms with Crippen LogP contribution < -0.4 is 0 Å². The van der Waals surface area contributed by atoms with Crippen molar-refractivity contribution in [1.82, 2.24) is 9.80 Å². The van der Waals surface area contributed by atoms with Gasteiger partial charge in [-0.25, -0.2) is 0 Å². The molecule has 0 aromatic heterocycles. The number of fused-ring (bicyclic) bond motifs is 2. The Morgan fingerprint density at radius 2 is 1.70 bits per heavy atom. The fraction of sp³-hybridized carbons (Fsp3) is 0.524. The number of benzene rings is 1. The fourth-order valence-corrected chi connectivity index (χ4v) is 4.57. The summed E-state index contributed by atoms with van der Waals surface area (Å²) in [5, 5.41) is 9.52. The number of carbonyl (C=O) groups is 2. The summed E-state index contributed by atoms with van der Waals surface area (Å²) in [4.78, 5) is 28.7. The summed E-state index contributed by atoms with van der Waals surface area (Å²) in [5.74, 6) is -2.12. The molecule has 3 aliphatic rings. The number of ether oxygens (including phenoxy) is 1. The summed E-state index contributed by atoms with van der Waals surface area (Å²) < 4.78 is 5.74. The highest BCUT2D eigenvalue weighted by Gasteiger charge is 2.56. The Morgan fingerprint density at radius 3 is 2.37 bits per heavy atom. The number of carboxylic acids is 1. The van der Waals surface area contributed by atoms with Crippen molar-refractivity contribution in [3.63, 3.8) is 0 Å². The van der Waals surface area contributed by atoms with Gasteiger partial charge in [0.2, 0.25) is 5.91 Å². The quantitative estimate of drug-likeness (QED) is 0.855. The number of hydrogen-bond acceptors (Lipinski definition) is 4. The van der Waals surface area contributed by atoms with Crippen LogP contribution in [0.1, 0.15) is 18.4 Å². The summed E-state index contributed by atoms with van der Waals surface area (Å²) in [6.07, 6.45) is 5.32. The van der Waals surface area contributed by atoms with Crippen molar-refractivity contribution in [1.29, 1.82) is 0 Å². The number of carboxylic acid groups (broad SMARTS) is 1. The fourth-order valence-electron chi connectivity index (χ4n) is 4.57. The van der Waals surface area contributed by atoms with Crippen molar-refractivity contribution in [3.05, 3.63) is 42.0 Å². The first-order chi connectivity index (χ1) is 13.1. The molecule has 0 aliphatic carbocycles. The van der Waals surface area contributed by atoms with E-state index in [0.29, 0.717) is 13.1 Å². The second-order valence-electron chi connectivity index (χ2n) is 7.62. The van der Waals surface area contributed by atoms with Crippen LogP contribution in [0.15, 0.2) is 36.4 Å². The van der Waals surface area contributed by atoms with Gasteiger partial charge in [0.05, 0.1) is 24.0 Å². The van der Waals surface area contributed by atoms with E-state index in [1.54, 1.807) is 0 Å². The van der Waals surface area contributed by atoms with Crippen LogP contribution in [0, 0.1) is 11.8 Å². The maximum absolute atomic E-state index is 13.0. The van der Waals surface area contributed by atoms with Crippen LogP contribution >= 0.6 is 0 Å². The SMILES string of the molecule is O=C(O)[C@H]1[C@@H](C(=O)N2CCN(C/C=C/c3ccccc3)CC2)[C@H]2CC[C@H]1O2. The van der Waals surface area contributed by atoms with Crippen molar-refractivity contribution in [2.75, 3.05) is 32.7 Å². The molecular weight excluding hydrogens is 344 g/mol. The molecular formula is C21H26N2O4. The molecule has 1 aromatic rings. The molecule has 2 bridgehead atoms. The highest BCUT2D eigenvalue weighted by molar-refractivity contribution is 5.86. The van der Waals surface area contributed by atoms with Crippen molar-refractivity contribution >= 4 is 18.0 Å². The second kappa shape index (κ2) is 7.82. The molecule has 3 saturated heterocycles. The topological polar surface area (TPSA) is 70.1 Å². The van der Waals surface area contributed by atoms with Gasteiger partial charge in [-0.1, -0.05) is 42.5 Å². The van der Waals surface area contributed by atoms with Gasteiger partial charge in [0.1, 0.15) is 0 Å². The van der Waals surface area contributed by atoms with Gasteiger partial charge in [-0.2, -0.15) is 0 Å². The minimum absolute atomic E-state index is 0.0333. The summed E-state index contributed by atoms with van der Waals surface area (Å²) >= 11 is 0. The predicted molar refractivity (Wildman–Crippen MR) is 101 cm³/mol. The molecule has 3 fully saturated rings. The van der Waals surface area contributed by atoms with Gasteiger partial charge in [0, 0.05) is 32.7 Å². The zero-order valence-electron chi connectivity index (χ0n) is 15.4. The molecule has 4 rings (SSSR count). The Labute approximate surface area is 159 Å². The predicted octanol–water partition coefficient (Wildman–Crippen LogP) is 1.72. The van der Waals surface area contributed by atoms with Gasteiger partial charge < -0.3 is 14.7 Å². The molecule has 4 atom stereocenters. The molecule has 0 spiro atoms. The average Bonchev–Trinajstić information content (AvgIpc) is 3.30. The first-order valence-corrected chi connectivity index (χ1v) is 9.74. The molecule has 0 radical (unpaired) electrons. The lowest BCUT2D eigenvalue weighted by Crippen LogP contribution is -2.53. The highest BCUT2D eigenvalue weighted by atomic mass is 16.5. The lowest BCUT2D eigenvalue weighted by Gasteiger charge is -2.37.